The van der Waals surface area contributed by atoms with Crippen LogP contribution in [0, 0.1) is 6.92 Å². The van der Waals surface area contributed by atoms with E-state index in [1.54, 1.807) is 0 Å². The van der Waals surface area contributed by atoms with E-state index in [1.165, 1.54) is 0 Å². The zero-order chi connectivity index (χ0) is 21.1. The van der Waals surface area contributed by atoms with E-state index in [4.69, 9.17) is 0 Å². The molecule has 0 spiro atoms. The molecule has 0 saturated carbocycles. The van der Waals surface area contributed by atoms with Crippen molar-refractivity contribution in [1.82, 2.24) is 4.90 Å². The SMILES string of the molecule is CCc1ccccc1NC(=O)C[C@@H](c1ccc(C)cc1)N1Cc2ccccc2C1=O. The molecular weight excluding hydrogens is 372 g/mol. The minimum Gasteiger partial charge on any atom is -0.327 e. The molecule has 0 aliphatic carbocycles. The van der Waals surface area contributed by atoms with Crippen molar-refractivity contribution >= 4 is 17.5 Å². The second-order valence-corrected chi connectivity index (χ2v) is 7.78. The maximum Gasteiger partial charge on any atom is 0.255 e. The van der Waals surface area contributed by atoms with Gasteiger partial charge in [-0.2, -0.15) is 0 Å². The highest BCUT2D eigenvalue weighted by Crippen LogP contribution is 2.34. The molecule has 0 aromatic heterocycles. The standard InChI is InChI=1S/C26H26N2O2/c1-3-19-8-5-7-11-23(19)27-25(29)16-24(20-14-12-18(2)13-15-20)28-17-21-9-4-6-10-22(21)26(28)30/h4-15,24H,3,16-17H2,1-2H3,(H,27,29)/t24-/m0/s1. The maximum atomic E-state index is 13.1. The normalized spacial score (nSPS) is 13.8. The van der Waals surface area contributed by atoms with Crippen molar-refractivity contribution in [3.8, 4) is 0 Å². The molecule has 1 N–H and O–H groups in total. The van der Waals surface area contributed by atoms with Gasteiger partial charge >= 0.3 is 0 Å². The van der Waals surface area contributed by atoms with Gasteiger partial charge in [-0.3, -0.25) is 9.59 Å². The number of hydrogen-bond acceptors (Lipinski definition) is 2. The summed E-state index contributed by atoms with van der Waals surface area (Å²) in [6, 6.07) is 23.3. The summed E-state index contributed by atoms with van der Waals surface area (Å²) in [7, 11) is 0. The number of para-hydroxylation sites is 1. The number of rotatable bonds is 6. The number of anilines is 1. The number of fused-ring (bicyclic) bond motifs is 1. The van der Waals surface area contributed by atoms with Gasteiger partial charge in [0.2, 0.25) is 5.91 Å². The fourth-order valence-electron chi connectivity index (χ4n) is 4.05. The highest BCUT2D eigenvalue weighted by molar-refractivity contribution is 5.99. The Bertz CT molecular complexity index is 1070. The van der Waals surface area contributed by atoms with Crippen molar-refractivity contribution in [1.29, 1.82) is 0 Å². The molecule has 152 valence electrons. The number of aryl methyl sites for hydroxylation is 2. The van der Waals surface area contributed by atoms with E-state index < -0.39 is 0 Å². The highest BCUT2D eigenvalue weighted by Gasteiger charge is 2.34. The number of amides is 2. The van der Waals surface area contributed by atoms with Crippen LogP contribution in [0.4, 0.5) is 5.69 Å². The molecular formula is C26H26N2O2. The van der Waals surface area contributed by atoms with E-state index in [-0.39, 0.29) is 24.3 Å². The third-order valence-electron chi connectivity index (χ3n) is 5.74. The van der Waals surface area contributed by atoms with Gasteiger partial charge in [0.25, 0.3) is 5.91 Å². The van der Waals surface area contributed by atoms with Gasteiger partial charge in [-0.1, -0.05) is 73.2 Å². The summed E-state index contributed by atoms with van der Waals surface area (Å²) in [5, 5.41) is 3.06. The predicted molar refractivity (Wildman–Crippen MR) is 119 cm³/mol. The Morgan fingerprint density at radius 1 is 1.00 bits per heavy atom. The average Bonchev–Trinajstić information content (AvgIpc) is 3.10. The Morgan fingerprint density at radius 2 is 1.70 bits per heavy atom. The summed E-state index contributed by atoms with van der Waals surface area (Å²) in [6.07, 6.45) is 1.05. The Labute approximate surface area is 177 Å². The first-order valence-corrected chi connectivity index (χ1v) is 10.4. The van der Waals surface area contributed by atoms with Crippen LogP contribution in [0.1, 0.15) is 52.0 Å². The zero-order valence-corrected chi connectivity index (χ0v) is 17.4. The molecule has 0 bridgehead atoms. The lowest BCUT2D eigenvalue weighted by Gasteiger charge is -2.28. The van der Waals surface area contributed by atoms with Crippen LogP contribution in [0.5, 0.6) is 0 Å². The van der Waals surface area contributed by atoms with Crippen LogP contribution < -0.4 is 5.32 Å². The lowest BCUT2D eigenvalue weighted by atomic mass is 10.00. The predicted octanol–water partition coefficient (Wildman–Crippen LogP) is 5.28. The van der Waals surface area contributed by atoms with E-state index in [0.29, 0.717) is 6.54 Å². The smallest absolute Gasteiger partial charge is 0.255 e. The fourth-order valence-corrected chi connectivity index (χ4v) is 4.05. The fraction of sp³-hybridized carbons (Fsp3) is 0.231. The maximum absolute atomic E-state index is 13.1. The molecule has 3 aromatic carbocycles. The third-order valence-corrected chi connectivity index (χ3v) is 5.74. The molecule has 0 fully saturated rings. The van der Waals surface area contributed by atoms with Crippen molar-refractivity contribution in [3.05, 3.63) is 101 Å². The van der Waals surface area contributed by atoms with Gasteiger partial charge in [-0.05, 0) is 42.2 Å². The van der Waals surface area contributed by atoms with Gasteiger partial charge in [-0.25, -0.2) is 0 Å². The van der Waals surface area contributed by atoms with E-state index in [1.807, 2.05) is 84.6 Å². The van der Waals surface area contributed by atoms with Crippen molar-refractivity contribution in [2.24, 2.45) is 0 Å². The average molecular weight is 399 g/mol. The van der Waals surface area contributed by atoms with Gasteiger partial charge in [0.05, 0.1) is 12.5 Å². The largest absolute Gasteiger partial charge is 0.327 e. The van der Waals surface area contributed by atoms with Crippen LogP contribution in [0.3, 0.4) is 0 Å². The lowest BCUT2D eigenvalue weighted by Crippen LogP contribution is -2.32. The first kappa shape index (κ1) is 19.9. The minimum absolute atomic E-state index is 0.0158. The lowest BCUT2D eigenvalue weighted by molar-refractivity contribution is -0.117. The summed E-state index contributed by atoms with van der Waals surface area (Å²) in [5.74, 6) is -0.108. The molecule has 4 heteroatoms. The molecule has 1 aliphatic heterocycles. The molecule has 4 rings (SSSR count). The molecule has 0 unspecified atom stereocenters. The minimum atomic E-state index is -0.320. The molecule has 0 radical (unpaired) electrons. The van der Waals surface area contributed by atoms with E-state index in [2.05, 4.69) is 12.2 Å². The summed E-state index contributed by atoms with van der Waals surface area (Å²) in [6.45, 7) is 4.62. The van der Waals surface area contributed by atoms with Gasteiger partial charge in [0.1, 0.15) is 0 Å². The molecule has 30 heavy (non-hydrogen) atoms. The summed E-state index contributed by atoms with van der Waals surface area (Å²) in [5.41, 5.74) is 5.80. The van der Waals surface area contributed by atoms with Crippen LogP contribution in [0.15, 0.2) is 72.8 Å². The summed E-state index contributed by atoms with van der Waals surface area (Å²) in [4.78, 5) is 28.0. The Hall–Kier alpha value is -3.40. The number of nitrogens with zero attached hydrogens (tertiary/aromatic N) is 1. The molecule has 1 heterocycles. The molecule has 4 nitrogen and oxygen atoms in total. The summed E-state index contributed by atoms with van der Waals surface area (Å²) < 4.78 is 0. The van der Waals surface area contributed by atoms with Gasteiger partial charge in [0, 0.05) is 17.8 Å². The topological polar surface area (TPSA) is 49.4 Å². The number of nitrogens with one attached hydrogen (secondary N) is 1. The van der Waals surface area contributed by atoms with Crippen LogP contribution in [-0.4, -0.2) is 16.7 Å². The van der Waals surface area contributed by atoms with E-state index in [0.717, 1.165) is 39.9 Å². The second kappa shape index (κ2) is 8.54. The van der Waals surface area contributed by atoms with Crippen molar-refractivity contribution < 1.29 is 9.59 Å². The monoisotopic (exact) mass is 398 g/mol. The molecule has 1 aliphatic rings. The van der Waals surface area contributed by atoms with Gasteiger partial charge in [-0.15, -0.1) is 0 Å². The first-order valence-electron chi connectivity index (χ1n) is 10.4. The number of carbonyl (C=O) groups is 2. The molecule has 3 aromatic rings. The van der Waals surface area contributed by atoms with Crippen molar-refractivity contribution in [3.63, 3.8) is 0 Å². The highest BCUT2D eigenvalue weighted by atomic mass is 16.2. The molecule has 2 amide bonds. The van der Waals surface area contributed by atoms with Gasteiger partial charge < -0.3 is 10.2 Å². The van der Waals surface area contributed by atoms with Crippen molar-refractivity contribution in [2.75, 3.05) is 5.32 Å². The Balaban J connectivity index is 1.61. The zero-order valence-electron chi connectivity index (χ0n) is 17.4. The van der Waals surface area contributed by atoms with Crippen LogP contribution in [0.25, 0.3) is 0 Å². The molecule has 1 atom stereocenters. The third kappa shape index (κ3) is 3.99. The number of benzene rings is 3. The number of hydrogen-bond donors (Lipinski definition) is 1. The summed E-state index contributed by atoms with van der Waals surface area (Å²) >= 11 is 0. The van der Waals surface area contributed by atoms with Crippen molar-refractivity contribution in [2.45, 2.75) is 39.3 Å². The van der Waals surface area contributed by atoms with Crippen LogP contribution >= 0.6 is 0 Å². The van der Waals surface area contributed by atoms with E-state index in [9.17, 15) is 9.59 Å². The first-order chi connectivity index (χ1) is 14.6. The number of carbonyl (C=O) groups excluding carboxylic acids is 2. The van der Waals surface area contributed by atoms with Gasteiger partial charge in [0.15, 0.2) is 0 Å². The molecule has 0 saturated heterocycles. The Kier molecular flexibility index (Phi) is 5.66. The Morgan fingerprint density at radius 3 is 2.43 bits per heavy atom. The quantitative estimate of drug-likeness (QED) is 0.614. The van der Waals surface area contributed by atoms with Crippen LogP contribution in [0.2, 0.25) is 0 Å². The van der Waals surface area contributed by atoms with E-state index >= 15 is 0 Å². The second-order valence-electron chi connectivity index (χ2n) is 7.78. The van der Waals surface area contributed by atoms with Crippen LogP contribution in [-0.2, 0) is 17.8 Å².